The van der Waals surface area contributed by atoms with Crippen molar-refractivity contribution in [3.05, 3.63) is 38.5 Å². The second-order valence-corrected chi connectivity index (χ2v) is 6.74. The van der Waals surface area contributed by atoms with Gasteiger partial charge in [-0.15, -0.1) is 22.7 Å². The number of hydrogen-bond acceptors (Lipinski definition) is 4. The predicted molar refractivity (Wildman–Crippen MR) is 79.0 cm³/mol. The van der Waals surface area contributed by atoms with Gasteiger partial charge in [0.1, 0.15) is 0 Å². The van der Waals surface area contributed by atoms with Gasteiger partial charge in [-0.2, -0.15) is 0 Å². The monoisotopic (exact) mass is 292 g/mol. The topological polar surface area (TPSA) is 33.2 Å². The van der Waals surface area contributed by atoms with Gasteiger partial charge in [-0.3, -0.25) is 4.79 Å². The van der Waals surface area contributed by atoms with Crippen LogP contribution in [0.4, 0.5) is 0 Å². The molecule has 5 heteroatoms. The maximum atomic E-state index is 12.5. The average Bonchev–Trinajstić information content (AvgIpc) is 3.09. The molecule has 1 aliphatic heterocycles. The Morgan fingerprint density at radius 1 is 1.42 bits per heavy atom. The van der Waals surface area contributed by atoms with E-state index in [1.165, 1.54) is 5.01 Å². The van der Waals surface area contributed by atoms with Crippen molar-refractivity contribution >= 4 is 28.6 Å². The van der Waals surface area contributed by atoms with Gasteiger partial charge in [-0.1, -0.05) is 0 Å². The van der Waals surface area contributed by atoms with Crippen LogP contribution in [0.2, 0.25) is 0 Å². The number of thiophene rings is 1. The minimum absolute atomic E-state index is 0.189. The van der Waals surface area contributed by atoms with Crippen molar-refractivity contribution in [3.63, 3.8) is 0 Å². The van der Waals surface area contributed by atoms with E-state index in [0.29, 0.717) is 5.92 Å². The highest BCUT2D eigenvalue weighted by atomic mass is 32.1. The van der Waals surface area contributed by atoms with Crippen molar-refractivity contribution in [2.75, 3.05) is 13.1 Å². The van der Waals surface area contributed by atoms with E-state index in [0.717, 1.165) is 36.4 Å². The molecule has 3 heterocycles. The van der Waals surface area contributed by atoms with Gasteiger partial charge in [0.15, 0.2) is 0 Å². The fourth-order valence-corrected chi connectivity index (χ4v) is 4.19. The van der Waals surface area contributed by atoms with Crippen molar-refractivity contribution in [2.24, 2.45) is 0 Å². The fraction of sp³-hybridized carbons (Fsp3) is 0.429. The minimum atomic E-state index is 0.189. The summed E-state index contributed by atoms with van der Waals surface area (Å²) in [7, 11) is 0. The van der Waals surface area contributed by atoms with Crippen molar-refractivity contribution in [1.82, 2.24) is 9.88 Å². The number of carbonyl (C=O) groups is 1. The van der Waals surface area contributed by atoms with E-state index in [4.69, 9.17) is 0 Å². The number of hydrogen-bond donors (Lipinski definition) is 0. The molecule has 0 aromatic carbocycles. The van der Waals surface area contributed by atoms with Gasteiger partial charge in [-0.05, 0) is 36.8 Å². The third-order valence-electron chi connectivity index (χ3n) is 3.57. The third-order valence-corrected chi connectivity index (χ3v) is 5.51. The molecule has 2 aromatic rings. The summed E-state index contributed by atoms with van der Waals surface area (Å²) >= 11 is 3.24. The van der Waals surface area contributed by atoms with Gasteiger partial charge in [0.05, 0.1) is 9.88 Å². The molecule has 3 nitrogen and oxygen atoms in total. The molecule has 0 saturated carbocycles. The van der Waals surface area contributed by atoms with E-state index in [1.807, 2.05) is 34.8 Å². The van der Waals surface area contributed by atoms with Crippen LogP contribution < -0.4 is 0 Å². The Balaban J connectivity index is 1.75. The van der Waals surface area contributed by atoms with Crippen molar-refractivity contribution in [1.29, 1.82) is 0 Å². The molecular formula is C14H16N2OS2. The molecule has 0 radical (unpaired) electrons. The Morgan fingerprint density at radius 3 is 3.00 bits per heavy atom. The second-order valence-electron chi connectivity index (χ2n) is 4.89. The summed E-state index contributed by atoms with van der Waals surface area (Å²) in [6.45, 7) is 3.69. The Kier molecular flexibility index (Phi) is 3.66. The minimum Gasteiger partial charge on any atom is -0.337 e. The predicted octanol–water partition coefficient (Wildman–Crippen LogP) is 3.53. The molecule has 0 spiro atoms. The highest BCUT2D eigenvalue weighted by molar-refractivity contribution is 7.12. The van der Waals surface area contributed by atoms with Crippen LogP contribution in [-0.4, -0.2) is 28.9 Å². The van der Waals surface area contributed by atoms with Crippen LogP contribution in [0, 0.1) is 6.92 Å². The fourth-order valence-electron chi connectivity index (χ4n) is 2.53. The summed E-state index contributed by atoms with van der Waals surface area (Å²) in [5.41, 5.74) is 1.09. The Hall–Kier alpha value is -1.20. The molecule has 1 amide bonds. The second kappa shape index (κ2) is 5.43. The van der Waals surface area contributed by atoms with E-state index < -0.39 is 0 Å². The summed E-state index contributed by atoms with van der Waals surface area (Å²) in [4.78, 5) is 19.8. The Labute approximate surface area is 120 Å². The molecule has 2 aromatic heterocycles. The standard InChI is InChI=1S/C14H16N2OS2/c1-10-4-7-18-12(10)14(17)16-6-2-3-11(9-16)13-15-5-8-19-13/h4-5,7-8,11H,2-3,6,9H2,1H3. The van der Waals surface area contributed by atoms with Gasteiger partial charge >= 0.3 is 0 Å². The highest BCUT2D eigenvalue weighted by Crippen LogP contribution is 2.29. The molecule has 1 aliphatic rings. The number of aromatic nitrogens is 1. The lowest BCUT2D eigenvalue weighted by molar-refractivity contribution is 0.0711. The normalized spacial score (nSPS) is 19.6. The first-order valence-electron chi connectivity index (χ1n) is 6.48. The lowest BCUT2D eigenvalue weighted by Gasteiger charge is -2.31. The summed E-state index contributed by atoms with van der Waals surface area (Å²) in [5.74, 6) is 0.603. The van der Waals surface area contributed by atoms with E-state index in [-0.39, 0.29) is 5.91 Å². The number of amides is 1. The zero-order valence-corrected chi connectivity index (χ0v) is 12.5. The third kappa shape index (κ3) is 2.58. The zero-order chi connectivity index (χ0) is 13.2. The van der Waals surface area contributed by atoms with Crippen LogP contribution in [0.15, 0.2) is 23.0 Å². The quantitative estimate of drug-likeness (QED) is 0.848. The van der Waals surface area contributed by atoms with Crippen LogP contribution in [-0.2, 0) is 0 Å². The SMILES string of the molecule is Cc1ccsc1C(=O)N1CCCC(c2nccs2)C1. The zero-order valence-electron chi connectivity index (χ0n) is 10.8. The number of piperidine rings is 1. The Morgan fingerprint density at radius 2 is 2.32 bits per heavy atom. The van der Waals surface area contributed by atoms with E-state index in [9.17, 15) is 4.79 Å². The summed E-state index contributed by atoms with van der Waals surface area (Å²) in [6.07, 6.45) is 4.06. The molecule has 0 bridgehead atoms. The maximum Gasteiger partial charge on any atom is 0.264 e. The van der Waals surface area contributed by atoms with Crippen molar-refractivity contribution in [3.8, 4) is 0 Å². The maximum absolute atomic E-state index is 12.5. The molecule has 0 aliphatic carbocycles. The number of rotatable bonds is 2. The molecule has 1 unspecified atom stereocenters. The first kappa shape index (κ1) is 12.8. The highest BCUT2D eigenvalue weighted by Gasteiger charge is 2.27. The van der Waals surface area contributed by atoms with Gasteiger partial charge in [0.25, 0.3) is 5.91 Å². The summed E-state index contributed by atoms with van der Waals surface area (Å²) < 4.78 is 0. The van der Waals surface area contributed by atoms with Crippen molar-refractivity contribution in [2.45, 2.75) is 25.7 Å². The Bertz CT molecular complexity index is 562. The van der Waals surface area contributed by atoms with Gasteiger partial charge in [0, 0.05) is 30.6 Å². The largest absolute Gasteiger partial charge is 0.337 e. The molecule has 100 valence electrons. The molecular weight excluding hydrogens is 276 g/mol. The number of aryl methyl sites for hydroxylation is 1. The molecule has 1 atom stereocenters. The van der Waals surface area contributed by atoms with Gasteiger partial charge < -0.3 is 4.90 Å². The number of carbonyl (C=O) groups excluding carboxylic acids is 1. The molecule has 1 saturated heterocycles. The van der Waals surface area contributed by atoms with Crippen LogP contribution >= 0.6 is 22.7 Å². The average molecular weight is 292 g/mol. The smallest absolute Gasteiger partial charge is 0.264 e. The van der Waals surface area contributed by atoms with Gasteiger partial charge in [0.2, 0.25) is 0 Å². The van der Waals surface area contributed by atoms with Crippen LogP contribution in [0.3, 0.4) is 0 Å². The van der Waals surface area contributed by atoms with Crippen LogP contribution in [0.5, 0.6) is 0 Å². The van der Waals surface area contributed by atoms with Crippen LogP contribution in [0.1, 0.15) is 39.0 Å². The number of likely N-dealkylation sites (tertiary alicyclic amines) is 1. The summed E-state index contributed by atoms with van der Waals surface area (Å²) in [6, 6.07) is 2.01. The lowest BCUT2D eigenvalue weighted by atomic mass is 9.98. The number of nitrogens with zero attached hydrogens (tertiary/aromatic N) is 2. The van der Waals surface area contributed by atoms with Gasteiger partial charge in [-0.25, -0.2) is 4.98 Å². The lowest BCUT2D eigenvalue weighted by Crippen LogP contribution is -2.39. The van der Waals surface area contributed by atoms with Crippen molar-refractivity contribution < 1.29 is 4.79 Å². The molecule has 3 rings (SSSR count). The molecule has 19 heavy (non-hydrogen) atoms. The molecule has 0 N–H and O–H groups in total. The first-order chi connectivity index (χ1) is 9.25. The molecule has 1 fully saturated rings. The summed E-state index contributed by atoms with van der Waals surface area (Å²) in [5, 5.41) is 5.17. The number of thiazole rings is 1. The first-order valence-corrected chi connectivity index (χ1v) is 8.24. The van der Waals surface area contributed by atoms with Crippen LogP contribution in [0.25, 0.3) is 0 Å². The van der Waals surface area contributed by atoms with E-state index in [1.54, 1.807) is 22.7 Å². The van der Waals surface area contributed by atoms with E-state index >= 15 is 0 Å². The van der Waals surface area contributed by atoms with E-state index in [2.05, 4.69) is 4.98 Å².